The number of fused-ring (bicyclic) bond motifs is 1. The van der Waals surface area contributed by atoms with Gasteiger partial charge in [-0.2, -0.15) is 5.26 Å². The van der Waals surface area contributed by atoms with Gasteiger partial charge in [-0.3, -0.25) is 4.98 Å². The molecule has 0 radical (unpaired) electrons. The van der Waals surface area contributed by atoms with Gasteiger partial charge in [0.1, 0.15) is 11.8 Å². The van der Waals surface area contributed by atoms with E-state index in [0.717, 1.165) is 16.8 Å². The number of nitrogens with zero attached hydrogens (tertiary/aromatic N) is 3. The van der Waals surface area contributed by atoms with E-state index in [1.807, 2.05) is 30.3 Å². The Labute approximate surface area is 211 Å². The van der Waals surface area contributed by atoms with Crippen molar-refractivity contribution in [1.29, 1.82) is 5.26 Å². The van der Waals surface area contributed by atoms with E-state index in [0.29, 0.717) is 5.52 Å². The van der Waals surface area contributed by atoms with Gasteiger partial charge in [0.2, 0.25) is 0 Å². The lowest BCUT2D eigenvalue weighted by molar-refractivity contribution is 0.401. The molecule has 0 atom stereocenters. The van der Waals surface area contributed by atoms with Crippen LogP contribution in [0.15, 0.2) is 84.1 Å². The lowest BCUT2D eigenvalue weighted by Crippen LogP contribution is -2.05. The van der Waals surface area contributed by atoms with Crippen molar-refractivity contribution < 1.29 is 22.3 Å². The maximum absolute atomic E-state index is 14.6. The highest BCUT2D eigenvalue weighted by Gasteiger charge is 2.18. The first-order valence-electron chi connectivity index (χ1n) is 11.2. The van der Waals surface area contributed by atoms with E-state index >= 15 is 0 Å². The number of aromatic nitrogens is 3. The number of pyridine rings is 2. The van der Waals surface area contributed by atoms with Gasteiger partial charge in [-0.1, -0.05) is 19.1 Å². The largest absolute Gasteiger partial charge is 0.452 e. The SMILES string of the molecule is CCS(=O)(=O)c1ccc(Oc2cc3cc(-c4ccccn4)[nH]c3cc2Oc2c(F)cccc2C#N)cn1. The zero-order valence-electron chi connectivity index (χ0n) is 19.5. The van der Waals surface area contributed by atoms with Crippen LogP contribution in [0.2, 0.25) is 0 Å². The Morgan fingerprint density at radius 1 is 1.00 bits per heavy atom. The van der Waals surface area contributed by atoms with Crippen molar-refractivity contribution in [3.8, 4) is 40.5 Å². The number of nitrogens with one attached hydrogen (secondary N) is 1. The number of sulfone groups is 1. The number of aromatic amines is 1. The van der Waals surface area contributed by atoms with Crippen molar-refractivity contribution in [1.82, 2.24) is 15.0 Å². The predicted octanol–water partition coefficient (Wildman–Crippen LogP) is 6.01. The minimum absolute atomic E-state index is 0.0162. The van der Waals surface area contributed by atoms with Gasteiger partial charge in [0, 0.05) is 23.2 Å². The molecule has 0 saturated carbocycles. The lowest BCUT2D eigenvalue weighted by Gasteiger charge is -2.14. The summed E-state index contributed by atoms with van der Waals surface area (Å²) in [6, 6.07) is 19.6. The molecule has 0 bridgehead atoms. The average Bonchev–Trinajstić information content (AvgIpc) is 3.33. The van der Waals surface area contributed by atoms with Crippen LogP contribution in [0.25, 0.3) is 22.3 Å². The van der Waals surface area contributed by atoms with Crippen LogP contribution in [0.4, 0.5) is 4.39 Å². The molecule has 0 aliphatic rings. The fourth-order valence-electron chi connectivity index (χ4n) is 3.66. The highest BCUT2D eigenvalue weighted by Crippen LogP contribution is 2.40. The van der Waals surface area contributed by atoms with Crippen molar-refractivity contribution >= 4 is 20.7 Å². The molecule has 0 saturated heterocycles. The monoisotopic (exact) mass is 514 g/mol. The van der Waals surface area contributed by atoms with Crippen LogP contribution in [0.5, 0.6) is 23.0 Å². The van der Waals surface area contributed by atoms with Crippen molar-refractivity contribution in [3.63, 3.8) is 0 Å². The highest BCUT2D eigenvalue weighted by atomic mass is 32.2. The summed E-state index contributed by atoms with van der Waals surface area (Å²) >= 11 is 0. The quantitative estimate of drug-likeness (QED) is 0.282. The van der Waals surface area contributed by atoms with Crippen LogP contribution >= 0.6 is 0 Å². The second kappa shape index (κ2) is 9.72. The number of hydrogen-bond donors (Lipinski definition) is 1. The molecular weight excluding hydrogens is 495 g/mol. The van der Waals surface area contributed by atoms with E-state index in [2.05, 4.69) is 15.0 Å². The Kier molecular flexibility index (Phi) is 6.29. The van der Waals surface area contributed by atoms with Gasteiger partial charge in [0.05, 0.1) is 28.9 Å². The lowest BCUT2D eigenvalue weighted by atomic mass is 10.2. The number of halogens is 1. The normalized spacial score (nSPS) is 11.3. The van der Waals surface area contributed by atoms with Gasteiger partial charge in [-0.05, 0) is 48.5 Å². The number of benzene rings is 2. The molecule has 0 spiro atoms. The molecule has 1 N–H and O–H groups in total. The third kappa shape index (κ3) is 4.85. The minimum Gasteiger partial charge on any atom is -0.452 e. The Morgan fingerprint density at radius 3 is 2.54 bits per heavy atom. The molecule has 0 unspecified atom stereocenters. The molecule has 8 nitrogen and oxygen atoms in total. The van der Waals surface area contributed by atoms with E-state index in [9.17, 15) is 18.1 Å². The van der Waals surface area contributed by atoms with Crippen molar-refractivity contribution in [3.05, 3.63) is 90.5 Å². The predicted molar refractivity (Wildman–Crippen MR) is 135 cm³/mol. The minimum atomic E-state index is -3.48. The molecular formula is C27H19FN4O4S. The first-order valence-corrected chi connectivity index (χ1v) is 12.8. The Balaban J connectivity index is 1.59. The Morgan fingerprint density at radius 2 is 1.84 bits per heavy atom. The Hall–Kier alpha value is -4.75. The molecule has 0 amide bonds. The summed E-state index contributed by atoms with van der Waals surface area (Å²) in [4.78, 5) is 11.6. The maximum Gasteiger partial charge on any atom is 0.195 e. The molecule has 10 heteroatoms. The number of rotatable bonds is 7. The van der Waals surface area contributed by atoms with E-state index in [4.69, 9.17) is 9.47 Å². The molecule has 5 rings (SSSR count). The molecule has 3 heterocycles. The summed E-state index contributed by atoms with van der Waals surface area (Å²) < 4.78 is 50.7. The molecule has 184 valence electrons. The highest BCUT2D eigenvalue weighted by molar-refractivity contribution is 7.91. The van der Waals surface area contributed by atoms with Gasteiger partial charge in [-0.15, -0.1) is 0 Å². The molecule has 0 aliphatic heterocycles. The van der Waals surface area contributed by atoms with Crippen molar-refractivity contribution in [2.45, 2.75) is 11.9 Å². The van der Waals surface area contributed by atoms with Gasteiger partial charge in [-0.25, -0.2) is 17.8 Å². The third-order valence-corrected chi connectivity index (χ3v) is 7.20. The van der Waals surface area contributed by atoms with Gasteiger partial charge >= 0.3 is 0 Å². The zero-order chi connectivity index (χ0) is 26.0. The standard InChI is InChI=1S/C27H19FN4O4S/c1-2-37(33,34)26-10-9-19(16-31-26)35-24-13-18-12-23(21-8-3-4-11-30-21)32-22(18)14-25(24)36-27-17(15-29)6-5-7-20(27)28/h3-14,16,32H,2H2,1H3. The van der Waals surface area contributed by atoms with E-state index in [-0.39, 0.29) is 39.3 Å². The second-order valence-electron chi connectivity index (χ2n) is 7.95. The smallest absolute Gasteiger partial charge is 0.195 e. The molecule has 0 fully saturated rings. The molecule has 3 aromatic heterocycles. The van der Waals surface area contributed by atoms with Crippen molar-refractivity contribution in [2.75, 3.05) is 5.75 Å². The van der Waals surface area contributed by atoms with Gasteiger partial charge in [0.25, 0.3) is 0 Å². The molecule has 37 heavy (non-hydrogen) atoms. The summed E-state index contributed by atoms with van der Waals surface area (Å²) in [7, 11) is -3.48. The fraction of sp³-hybridized carbons (Fsp3) is 0.0741. The van der Waals surface area contributed by atoms with E-state index in [1.165, 1.54) is 43.5 Å². The summed E-state index contributed by atoms with van der Waals surface area (Å²) in [6.07, 6.45) is 2.97. The molecule has 2 aromatic carbocycles. The number of ether oxygens (including phenoxy) is 2. The maximum atomic E-state index is 14.6. The van der Waals surface area contributed by atoms with Gasteiger partial charge < -0.3 is 14.5 Å². The molecule has 5 aromatic rings. The summed E-state index contributed by atoms with van der Waals surface area (Å²) in [5.41, 5.74) is 2.15. The van der Waals surface area contributed by atoms with Crippen LogP contribution in [0, 0.1) is 17.1 Å². The topological polar surface area (TPSA) is 118 Å². The number of H-pyrrole nitrogens is 1. The fourth-order valence-corrected chi connectivity index (χ4v) is 4.44. The Bertz CT molecular complexity index is 1750. The number of nitriles is 1. The first kappa shape index (κ1) is 24.0. The third-order valence-electron chi connectivity index (χ3n) is 5.56. The summed E-state index contributed by atoms with van der Waals surface area (Å²) in [5.74, 6) is -0.443. The van der Waals surface area contributed by atoms with Crippen LogP contribution in [-0.2, 0) is 9.84 Å². The van der Waals surface area contributed by atoms with Crippen LogP contribution in [0.1, 0.15) is 12.5 Å². The molecule has 0 aliphatic carbocycles. The van der Waals surface area contributed by atoms with E-state index in [1.54, 1.807) is 18.3 Å². The summed E-state index contributed by atoms with van der Waals surface area (Å²) in [6.45, 7) is 1.54. The van der Waals surface area contributed by atoms with Gasteiger partial charge in [0.15, 0.2) is 37.9 Å². The first-order chi connectivity index (χ1) is 17.9. The van der Waals surface area contributed by atoms with Crippen LogP contribution < -0.4 is 9.47 Å². The second-order valence-corrected chi connectivity index (χ2v) is 10.2. The van der Waals surface area contributed by atoms with Crippen LogP contribution in [-0.4, -0.2) is 29.1 Å². The zero-order valence-corrected chi connectivity index (χ0v) is 20.3. The van der Waals surface area contributed by atoms with Crippen molar-refractivity contribution in [2.24, 2.45) is 0 Å². The number of hydrogen-bond acceptors (Lipinski definition) is 7. The summed E-state index contributed by atoms with van der Waals surface area (Å²) in [5, 5.41) is 10.1. The number of para-hydroxylation sites is 1. The van der Waals surface area contributed by atoms with Crippen LogP contribution in [0.3, 0.4) is 0 Å². The average molecular weight is 515 g/mol. The van der Waals surface area contributed by atoms with E-state index < -0.39 is 15.7 Å².